The molecule has 0 radical (unpaired) electrons. The molecule has 1 saturated carbocycles. The standard InChI is InChI=1S/C28H22N4O10/c1-3-42-28(37)18-12(2)17-20-22(26(35)29(24(20)33)13-8-4-6-10-15(13)31(38)39)19(18)23-21(17)25(34)30(27(23)36)14-9-5-7-11-16(14)32(40)41/h4-11,17,19-23H,3H2,1-2H3/t17?,19?,20-,21+,22-,23+. The molecule has 5 aliphatic rings. The number of nitrogens with zero attached hydrogens (tertiary/aromatic N) is 4. The maximum absolute atomic E-state index is 14.0. The Bertz CT molecular complexity index is 1580. The van der Waals surface area contributed by atoms with E-state index in [-0.39, 0.29) is 23.6 Å². The van der Waals surface area contributed by atoms with Crippen LogP contribution in [0, 0.1) is 55.7 Å². The van der Waals surface area contributed by atoms with Crippen LogP contribution in [0.15, 0.2) is 59.7 Å². The normalized spacial score (nSPS) is 27.9. The number of imide groups is 2. The summed E-state index contributed by atoms with van der Waals surface area (Å²) in [5.74, 6) is -11.5. The van der Waals surface area contributed by atoms with Crippen LogP contribution in [0.3, 0.4) is 0 Å². The highest BCUT2D eigenvalue weighted by Gasteiger charge is 2.73. The number of anilines is 2. The first-order valence-electron chi connectivity index (χ1n) is 13.1. The number of hydrogen-bond acceptors (Lipinski definition) is 10. The summed E-state index contributed by atoms with van der Waals surface area (Å²) in [6.07, 6.45) is 0. The number of ether oxygens (including phenoxy) is 1. The van der Waals surface area contributed by atoms with Gasteiger partial charge in [0.1, 0.15) is 11.4 Å². The Balaban J connectivity index is 1.53. The molecule has 2 aromatic rings. The molecule has 2 unspecified atom stereocenters. The molecular formula is C28H22N4O10. The molecule has 214 valence electrons. The summed E-state index contributed by atoms with van der Waals surface area (Å²) in [5.41, 5.74) is -1.19. The molecule has 0 spiro atoms. The monoisotopic (exact) mass is 574 g/mol. The topological polar surface area (TPSA) is 187 Å². The number of amides is 4. The van der Waals surface area contributed by atoms with Crippen LogP contribution in [0.25, 0.3) is 0 Å². The van der Waals surface area contributed by atoms with E-state index in [4.69, 9.17) is 4.74 Å². The summed E-state index contributed by atoms with van der Waals surface area (Å²) in [4.78, 5) is 92.7. The first-order valence-corrected chi connectivity index (χ1v) is 13.1. The van der Waals surface area contributed by atoms with Crippen LogP contribution >= 0.6 is 0 Å². The second-order valence-corrected chi connectivity index (χ2v) is 10.5. The number of carbonyl (C=O) groups excluding carboxylic acids is 5. The molecule has 14 nitrogen and oxygen atoms in total. The van der Waals surface area contributed by atoms with E-state index in [1.807, 2.05) is 0 Å². The number of rotatable bonds is 6. The molecule has 2 aromatic carbocycles. The predicted molar refractivity (Wildman–Crippen MR) is 141 cm³/mol. The molecule has 4 amide bonds. The van der Waals surface area contributed by atoms with Gasteiger partial charge in [0, 0.05) is 29.5 Å². The fourth-order valence-corrected chi connectivity index (χ4v) is 7.32. The van der Waals surface area contributed by atoms with E-state index in [0.717, 1.165) is 12.1 Å². The van der Waals surface area contributed by atoms with E-state index < -0.39 is 86.3 Å². The molecule has 7 rings (SSSR count). The Labute approximate surface area is 236 Å². The Morgan fingerprint density at radius 3 is 1.48 bits per heavy atom. The van der Waals surface area contributed by atoms with Gasteiger partial charge in [-0.25, -0.2) is 14.6 Å². The molecule has 2 aliphatic heterocycles. The van der Waals surface area contributed by atoms with Crippen molar-refractivity contribution in [1.29, 1.82) is 0 Å². The summed E-state index contributed by atoms with van der Waals surface area (Å²) in [7, 11) is 0. The maximum atomic E-state index is 14.0. The SMILES string of the molecule is CCOC(=O)C1=C(C)C2[C@H]3C(=O)N(c4ccccc4[N+](=O)[O-])C(=O)[C@@H]3C1[C@@H]1C(=O)N(c3ccccc3[N+](=O)[O-])C(=O)[C@@H]21. The fraction of sp³-hybridized carbons (Fsp3) is 0.321. The van der Waals surface area contributed by atoms with Gasteiger partial charge in [0.2, 0.25) is 23.6 Å². The number of nitro groups is 2. The van der Waals surface area contributed by atoms with Gasteiger partial charge >= 0.3 is 5.97 Å². The van der Waals surface area contributed by atoms with Crippen LogP contribution in [0.2, 0.25) is 0 Å². The second kappa shape index (κ2) is 9.39. The van der Waals surface area contributed by atoms with Crippen molar-refractivity contribution in [2.45, 2.75) is 13.8 Å². The highest BCUT2D eigenvalue weighted by atomic mass is 16.6. The summed E-state index contributed by atoms with van der Waals surface area (Å²) >= 11 is 0. The average Bonchev–Trinajstić information content (AvgIpc) is 3.38. The zero-order valence-corrected chi connectivity index (χ0v) is 22.2. The van der Waals surface area contributed by atoms with Gasteiger partial charge < -0.3 is 4.74 Å². The number of nitro benzene ring substituents is 2. The van der Waals surface area contributed by atoms with Crippen molar-refractivity contribution in [3.05, 3.63) is 79.9 Å². The zero-order valence-electron chi connectivity index (χ0n) is 22.2. The summed E-state index contributed by atoms with van der Waals surface area (Å²) < 4.78 is 5.25. The summed E-state index contributed by atoms with van der Waals surface area (Å²) in [6, 6.07) is 10.4. The van der Waals surface area contributed by atoms with Gasteiger partial charge in [-0.2, -0.15) is 0 Å². The van der Waals surface area contributed by atoms with Crippen molar-refractivity contribution >= 4 is 52.3 Å². The summed E-state index contributed by atoms with van der Waals surface area (Å²) in [6.45, 7) is 3.08. The molecule has 0 aromatic heterocycles. The highest BCUT2D eigenvalue weighted by Crippen LogP contribution is 2.63. The van der Waals surface area contributed by atoms with Crippen LogP contribution in [-0.2, 0) is 28.7 Å². The largest absolute Gasteiger partial charge is 0.463 e. The Kier molecular flexibility index (Phi) is 6.02. The molecule has 14 heteroatoms. The molecule has 2 saturated heterocycles. The van der Waals surface area contributed by atoms with Crippen LogP contribution in [-0.4, -0.2) is 46.1 Å². The quantitative estimate of drug-likeness (QED) is 0.215. The minimum absolute atomic E-state index is 0.000438. The van der Waals surface area contributed by atoms with Gasteiger partial charge in [-0.15, -0.1) is 0 Å². The van der Waals surface area contributed by atoms with Gasteiger partial charge in [-0.05, 0) is 26.0 Å². The minimum Gasteiger partial charge on any atom is -0.463 e. The molecule has 2 bridgehead atoms. The molecular weight excluding hydrogens is 552 g/mol. The van der Waals surface area contributed by atoms with Crippen molar-refractivity contribution in [3.8, 4) is 0 Å². The number of carbonyl (C=O) groups is 5. The summed E-state index contributed by atoms with van der Waals surface area (Å²) in [5, 5.41) is 23.5. The molecule has 0 N–H and O–H groups in total. The van der Waals surface area contributed by atoms with Crippen LogP contribution < -0.4 is 9.80 Å². The first kappa shape index (κ1) is 26.9. The Hall–Kier alpha value is -5.27. The van der Waals surface area contributed by atoms with Crippen molar-refractivity contribution in [2.75, 3.05) is 16.4 Å². The van der Waals surface area contributed by atoms with Crippen molar-refractivity contribution < 1.29 is 38.6 Å². The molecule has 6 atom stereocenters. The molecule has 42 heavy (non-hydrogen) atoms. The average molecular weight is 575 g/mol. The lowest BCUT2D eigenvalue weighted by molar-refractivity contribution is -0.384. The van der Waals surface area contributed by atoms with Crippen LogP contribution in [0.5, 0.6) is 0 Å². The maximum Gasteiger partial charge on any atom is 0.334 e. The van der Waals surface area contributed by atoms with Crippen molar-refractivity contribution in [3.63, 3.8) is 0 Å². The lowest BCUT2D eigenvalue weighted by Crippen LogP contribution is -2.55. The Morgan fingerprint density at radius 2 is 1.10 bits per heavy atom. The van der Waals surface area contributed by atoms with E-state index in [9.17, 15) is 44.2 Å². The lowest BCUT2D eigenvalue weighted by atomic mass is 9.49. The van der Waals surface area contributed by atoms with Crippen molar-refractivity contribution in [2.24, 2.45) is 35.5 Å². The van der Waals surface area contributed by atoms with Gasteiger partial charge in [0.25, 0.3) is 11.4 Å². The van der Waals surface area contributed by atoms with E-state index in [0.29, 0.717) is 15.4 Å². The second-order valence-electron chi connectivity index (χ2n) is 10.5. The minimum atomic E-state index is -1.30. The van der Waals surface area contributed by atoms with Gasteiger partial charge in [0.05, 0.1) is 40.1 Å². The molecule has 3 fully saturated rings. The lowest BCUT2D eigenvalue weighted by Gasteiger charge is -2.49. The first-order chi connectivity index (χ1) is 20.0. The number of para-hydroxylation sites is 4. The smallest absolute Gasteiger partial charge is 0.334 e. The highest BCUT2D eigenvalue weighted by molar-refractivity contribution is 6.28. The van der Waals surface area contributed by atoms with Crippen LogP contribution in [0.1, 0.15) is 13.8 Å². The zero-order chi connectivity index (χ0) is 30.2. The van der Waals surface area contributed by atoms with E-state index >= 15 is 0 Å². The van der Waals surface area contributed by atoms with Gasteiger partial charge in [-0.1, -0.05) is 29.8 Å². The van der Waals surface area contributed by atoms with E-state index in [1.54, 1.807) is 6.92 Å². The third-order valence-corrected chi connectivity index (χ3v) is 8.74. The predicted octanol–water partition coefficient (Wildman–Crippen LogP) is 2.55. The number of benzene rings is 2. The third-order valence-electron chi connectivity index (χ3n) is 8.74. The number of hydrogen-bond donors (Lipinski definition) is 0. The van der Waals surface area contributed by atoms with Gasteiger partial charge in [0.15, 0.2) is 0 Å². The molecule has 3 aliphatic carbocycles. The number of allylic oxidation sites excluding steroid dienone is 1. The fourth-order valence-electron chi connectivity index (χ4n) is 7.32. The van der Waals surface area contributed by atoms with E-state index in [1.165, 1.54) is 43.3 Å². The third kappa shape index (κ3) is 3.40. The number of esters is 1. The Morgan fingerprint density at radius 1 is 0.714 bits per heavy atom. The van der Waals surface area contributed by atoms with Crippen molar-refractivity contribution in [1.82, 2.24) is 0 Å². The van der Waals surface area contributed by atoms with E-state index in [2.05, 4.69) is 0 Å². The molecule has 2 heterocycles. The van der Waals surface area contributed by atoms with Gasteiger partial charge in [-0.3, -0.25) is 39.4 Å². The van der Waals surface area contributed by atoms with Crippen LogP contribution in [0.4, 0.5) is 22.7 Å².